The molecule has 1 aromatic heterocycles. The number of hydrogen-bond donors (Lipinski definition) is 3. The fourth-order valence-electron chi connectivity index (χ4n) is 3.37. The highest BCUT2D eigenvalue weighted by Crippen LogP contribution is 2.27. The Labute approximate surface area is 190 Å². The minimum atomic E-state index is -0.351. The molecule has 4 rings (SSSR count). The molecule has 0 bridgehead atoms. The molecular formula is C25H22ClN3O3. The van der Waals surface area contributed by atoms with Crippen LogP contribution in [0.3, 0.4) is 0 Å². The van der Waals surface area contributed by atoms with Crippen molar-refractivity contribution in [2.45, 2.75) is 13.3 Å². The molecule has 0 atom stereocenters. The number of esters is 1. The molecule has 0 aliphatic carbocycles. The number of amides is 2. The number of rotatable bonds is 6. The first-order valence-corrected chi connectivity index (χ1v) is 10.6. The Hall–Kier alpha value is -3.77. The standard InChI is InChI=1S/C25H22ClN3O3/c1-2-32-24(30)13-16-3-8-20(9-4-16)27-25(31)28-21-10-5-17(6-11-21)23-15-18-14-19(26)7-12-22(18)29-23/h3-12,14-15,29H,2,13H2,1H3,(H2,27,28,31). The summed E-state index contributed by atoms with van der Waals surface area (Å²) in [5.41, 5.74) is 5.11. The van der Waals surface area contributed by atoms with Crippen molar-refractivity contribution >= 4 is 45.9 Å². The maximum Gasteiger partial charge on any atom is 0.323 e. The molecule has 0 spiro atoms. The van der Waals surface area contributed by atoms with Gasteiger partial charge in [-0.2, -0.15) is 0 Å². The Kier molecular flexibility index (Phi) is 6.42. The molecule has 0 fully saturated rings. The fraction of sp³-hybridized carbons (Fsp3) is 0.120. The largest absolute Gasteiger partial charge is 0.466 e. The number of fused-ring (bicyclic) bond motifs is 1. The van der Waals surface area contributed by atoms with Gasteiger partial charge < -0.3 is 20.4 Å². The first-order valence-electron chi connectivity index (χ1n) is 10.2. The Balaban J connectivity index is 1.35. The third-order valence-electron chi connectivity index (χ3n) is 4.90. The van der Waals surface area contributed by atoms with Crippen LogP contribution in [0.15, 0.2) is 72.8 Å². The third-order valence-corrected chi connectivity index (χ3v) is 5.14. The number of anilines is 2. The molecule has 7 heteroatoms. The molecule has 0 aliphatic heterocycles. The average Bonchev–Trinajstić information content (AvgIpc) is 3.19. The van der Waals surface area contributed by atoms with Gasteiger partial charge in [-0.05, 0) is 66.6 Å². The van der Waals surface area contributed by atoms with Crippen LogP contribution in [0.5, 0.6) is 0 Å². The van der Waals surface area contributed by atoms with E-state index in [1.54, 1.807) is 31.2 Å². The highest BCUT2D eigenvalue weighted by atomic mass is 35.5. The van der Waals surface area contributed by atoms with Crippen molar-refractivity contribution in [3.63, 3.8) is 0 Å². The number of ether oxygens (including phenoxy) is 1. The van der Waals surface area contributed by atoms with E-state index in [-0.39, 0.29) is 18.4 Å². The van der Waals surface area contributed by atoms with E-state index in [1.807, 2.05) is 48.5 Å². The highest BCUT2D eigenvalue weighted by Gasteiger charge is 2.07. The topological polar surface area (TPSA) is 83.2 Å². The number of H-pyrrole nitrogens is 1. The van der Waals surface area contributed by atoms with E-state index in [0.717, 1.165) is 27.7 Å². The maximum atomic E-state index is 12.3. The zero-order valence-corrected chi connectivity index (χ0v) is 18.2. The van der Waals surface area contributed by atoms with Crippen LogP contribution in [0, 0.1) is 0 Å². The second-order valence-electron chi connectivity index (χ2n) is 7.25. The molecule has 3 N–H and O–H groups in total. The molecule has 2 amide bonds. The molecule has 0 saturated heterocycles. The molecule has 4 aromatic rings. The van der Waals surface area contributed by atoms with E-state index in [2.05, 4.69) is 15.6 Å². The lowest BCUT2D eigenvalue weighted by atomic mass is 10.1. The van der Waals surface area contributed by atoms with Crippen LogP contribution in [-0.4, -0.2) is 23.6 Å². The number of benzene rings is 3. The molecule has 0 aliphatic rings. The number of hydrogen-bond acceptors (Lipinski definition) is 3. The Morgan fingerprint density at radius 3 is 2.22 bits per heavy atom. The van der Waals surface area contributed by atoms with Gasteiger partial charge in [-0.25, -0.2) is 4.79 Å². The van der Waals surface area contributed by atoms with Gasteiger partial charge in [0, 0.05) is 33.0 Å². The molecular weight excluding hydrogens is 426 g/mol. The van der Waals surface area contributed by atoms with E-state index in [9.17, 15) is 9.59 Å². The molecule has 32 heavy (non-hydrogen) atoms. The van der Waals surface area contributed by atoms with E-state index in [1.165, 1.54) is 0 Å². The zero-order valence-electron chi connectivity index (χ0n) is 17.4. The van der Waals surface area contributed by atoms with Crippen LogP contribution >= 0.6 is 11.6 Å². The molecule has 162 valence electrons. The van der Waals surface area contributed by atoms with E-state index in [0.29, 0.717) is 23.0 Å². The van der Waals surface area contributed by atoms with Crippen LogP contribution in [0.2, 0.25) is 5.02 Å². The summed E-state index contributed by atoms with van der Waals surface area (Å²) in [6, 6.07) is 22.0. The Morgan fingerprint density at radius 2 is 1.56 bits per heavy atom. The number of carbonyl (C=O) groups excluding carboxylic acids is 2. The molecule has 1 heterocycles. The zero-order chi connectivity index (χ0) is 22.5. The van der Waals surface area contributed by atoms with Crippen LogP contribution in [0.1, 0.15) is 12.5 Å². The van der Waals surface area contributed by atoms with Gasteiger partial charge in [0.05, 0.1) is 13.0 Å². The van der Waals surface area contributed by atoms with Gasteiger partial charge in [0.25, 0.3) is 0 Å². The van der Waals surface area contributed by atoms with E-state index in [4.69, 9.17) is 16.3 Å². The number of aromatic amines is 1. The summed E-state index contributed by atoms with van der Waals surface area (Å²) in [7, 11) is 0. The second kappa shape index (κ2) is 9.58. The highest BCUT2D eigenvalue weighted by molar-refractivity contribution is 6.31. The third kappa shape index (κ3) is 5.28. The van der Waals surface area contributed by atoms with Gasteiger partial charge >= 0.3 is 12.0 Å². The number of aromatic nitrogens is 1. The molecule has 0 unspecified atom stereocenters. The first-order chi connectivity index (χ1) is 15.5. The normalized spacial score (nSPS) is 10.7. The van der Waals surface area contributed by atoms with Crippen LogP contribution in [0.25, 0.3) is 22.2 Å². The van der Waals surface area contributed by atoms with Crippen molar-refractivity contribution in [2.24, 2.45) is 0 Å². The number of nitrogens with one attached hydrogen (secondary N) is 3. The molecule has 3 aromatic carbocycles. The molecule has 0 radical (unpaired) electrons. The molecule has 0 saturated carbocycles. The average molecular weight is 448 g/mol. The van der Waals surface area contributed by atoms with Gasteiger partial charge in [0.1, 0.15) is 0 Å². The summed E-state index contributed by atoms with van der Waals surface area (Å²) < 4.78 is 4.94. The summed E-state index contributed by atoms with van der Waals surface area (Å²) in [6.07, 6.45) is 0.204. The summed E-state index contributed by atoms with van der Waals surface area (Å²) in [6.45, 7) is 2.13. The minimum absolute atomic E-state index is 0.204. The van der Waals surface area contributed by atoms with Gasteiger partial charge in [-0.3, -0.25) is 4.79 Å². The first kappa shape index (κ1) is 21.5. The van der Waals surface area contributed by atoms with Crippen molar-refractivity contribution < 1.29 is 14.3 Å². The van der Waals surface area contributed by atoms with Gasteiger partial charge in [0.15, 0.2) is 0 Å². The van der Waals surface area contributed by atoms with E-state index >= 15 is 0 Å². The molecule has 6 nitrogen and oxygen atoms in total. The predicted molar refractivity (Wildman–Crippen MR) is 128 cm³/mol. The van der Waals surface area contributed by atoms with Crippen molar-refractivity contribution in [3.8, 4) is 11.3 Å². The van der Waals surface area contributed by atoms with Crippen molar-refractivity contribution in [1.82, 2.24) is 4.98 Å². The van der Waals surface area contributed by atoms with Gasteiger partial charge in [-0.15, -0.1) is 0 Å². The monoisotopic (exact) mass is 447 g/mol. The summed E-state index contributed by atoms with van der Waals surface area (Å²) >= 11 is 6.06. The Bertz CT molecular complexity index is 1250. The van der Waals surface area contributed by atoms with Crippen molar-refractivity contribution in [1.29, 1.82) is 0 Å². The fourth-order valence-corrected chi connectivity index (χ4v) is 3.55. The number of carbonyl (C=O) groups is 2. The Morgan fingerprint density at radius 1 is 0.906 bits per heavy atom. The second-order valence-corrected chi connectivity index (χ2v) is 7.69. The van der Waals surface area contributed by atoms with Gasteiger partial charge in [-0.1, -0.05) is 35.9 Å². The lowest BCUT2D eigenvalue weighted by molar-refractivity contribution is -0.142. The minimum Gasteiger partial charge on any atom is -0.466 e. The summed E-state index contributed by atoms with van der Waals surface area (Å²) in [4.78, 5) is 27.2. The van der Waals surface area contributed by atoms with Crippen molar-refractivity contribution in [3.05, 3.63) is 83.4 Å². The van der Waals surface area contributed by atoms with Crippen LogP contribution in [0.4, 0.5) is 16.2 Å². The van der Waals surface area contributed by atoms with E-state index < -0.39 is 0 Å². The smallest absolute Gasteiger partial charge is 0.323 e. The number of urea groups is 1. The number of halogens is 1. The van der Waals surface area contributed by atoms with Gasteiger partial charge in [0.2, 0.25) is 0 Å². The van der Waals surface area contributed by atoms with Crippen LogP contribution < -0.4 is 10.6 Å². The van der Waals surface area contributed by atoms with Crippen molar-refractivity contribution in [2.75, 3.05) is 17.2 Å². The predicted octanol–water partition coefficient (Wildman–Crippen LogP) is 6.24. The lowest BCUT2D eigenvalue weighted by Crippen LogP contribution is -2.19. The SMILES string of the molecule is CCOC(=O)Cc1ccc(NC(=O)Nc2ccc(-c3cc4cc(Cl)ccc4[nH]3)cc2)cc1. The summed E-state index contributed by atoms with van der Waals surface area (Å²) in [5.74, 6) is -0.273. The summed E-state index contributed by atoms with van der Waals surface area (Å²) in [5, 5.41) is 7.34. The van der Waals surface area contributed by atoms with Crippen LogP contribution in [-0.2, 0) is 16.0 Å². The maximum absolute atomic E-state index is 12.3. The lowest BCUT2D eigenvalue weighted by Gasteiger charge is -2.09. The quantitative estimate of drug-likeness (QED) is 0.306.